The fraction of sp³-hybridized carbons (Fsp3) is 1.00. The third kappa shape index (κ3) is 2.27. The third-order valence-corrected chi connectivity index (χ3v) is 6.95. The topological polar surface area (TPSA) is 37.4 Å². The standard InChI is InChI=1S/C11H21NO2S2/c1-3-6-16(13,14)12-9-4-5-10(12)8-11(7-9)15-2/h9-11H,3-8H2,1-2H3. The van der Waals surface area contributed by atoms with E-state index in [1.807, 2.05) is 23.0 Å². The van der Waals surface area contributed by atoms with Gasteiger partial charge in [-0.3, -0.25) is 0 Å². The van der Waals surface area contributed by atoms with Crippen LogP contribution < -0.4 is 0 Å². The SMILES string of the molecule is CCCS(=O)(=O)N1C2CCC1CC(SC)C2. The Hall–Kier alpha value is 0.260. The average Bonchev–Trinajstić information content (AvgIpc) is 2.51. The first-order chi connectivity index (χ1) is 7.58. The van der Waals surface area contributed by atoms with Gasteiger partial charge in [0.05, 0.1) is 5.75 Å². The summed E-state index contributed by atoms with van der Waals surface area (Å²) in [6, 6.07) is 0.598. The number of piperidine rings is 1. The summed E-state index contributed by atoms with van der Waals surface area (Å²) in [4.78, 5) is 0. The lowest BCUT2D eigenvalue weighted by Gasteiger charge is -2.37. The van der Waals surface area contributed by atoms with E-state index in [9.17, 15) is 8.42 Å². The highest BCUT2D eigenvalue weighted by Gasteiger charge is 2.45. The van der Waals surface area contributed by atoms with Gasteiger partial charge in [0.1, 0.15) is 0 Å². The molecule has 2 aliphatic rings. The van der Waals surface area contributed by atoms with Crippen LogP contribution in [0.1, 0.15) is 39.0 Å². The van der Waals surface area contributed by atoms with Gasteiger partial charge in [0, 0.05) is 17.3 Å². The van der Waals surface area contributed by atoms with Crippen molar-refractivity contribution < 1.29 is 8.42 Å². The summed E-state index contributed by atoms with van der Waals surface area (Å²) in [6.45, 7) is 1.94. The Kier molecular flexibility index (Phi) is 3.86. The van der Waals surface area contributed by atoms with Crippen LogP contribution in [-0.2, 0) is 10.0 Å². The van der Waals surface area contributed by atoms with Crippen molar-refractivity contribution in [2.75, 3.05) is 12.0 Å². The van der Waals surface area contributed by atoms with E-state index < -0.39 is 10.0 Å². The maximum Gasteiger partial charge on any atom is 0.214 e. The monoisotopic (exact) mass is 263 g/mol. The molecular weight excluding hydrogens is 242 g/mol. The molecule has 0 radical (unpaired) electrons. The number of sulfonamides is 1. The van der Waals surface area contributed by atoms with E-state index in [-0.39, 0.29) is 0 Å². The minimum absolute atomic E-state index is 0.299. The lowest BCUT2D eigenvalue weighted by Crippen LogP contribution is -2.48. The molecule has 2 bridgehead atoms. The quantitative estimate of drug-likeness (QED) is 0.779. The molecule has 0 saturated carbocycles. The molecule has 0 N–H and O–H groups in total. The van der Waals surface area contributed by atoms with E-state index in [1.54, 1.807) is 0 Å². The number of hydrogen-bond donors (Lipinski definition) is 0. The van der Waals surface area contributed by atoms with E-state index in [2.05, 4.69) is 6.26 Å². The van der Waals surface area contributed by atoms with Crippen molar-refractivity contribution >= 4 is 21.8 Å². The van der Waals surface area contributed by atoms with Crippen LogP contribution in [-0.4, -0.2) is 42.1 Å². The fourth-order valence-corrected chi connectivity index (χ4v) is 5.94. The van der Waals surface area contributed by atoms with Gasteiger partial charge in [-0.25, -0.2) is 8.42 Å². The smallest absolute Gasteiger partial charge is 0.212 e. The minimum Gasteiger partial charge on any atom is -0.212 e. The van der Waals surface area contributed by atoms with Gasteiger partial charge >= 0.3 is 0 Å². The molecule has 2 saturated heterocycles. The van der Waals surface area contributed by atoms with E-state index in [0.717, 1.165) is 32.1 Å². The van der Waals surface area contributed by atoms with Crippen molar-refractivity contribution in [2.45, 2.75) is 56.4 Å². The molecule has 3 nitrogen and oxygen atoms in total. The van der Waals surface area contributed by atoms with Gasteiger partial charge in [0.2, 0.25) is 10.0 Å². The largest absolute Gasteiger partial charge is 0.214 e. The van der Waals surface area contributed by atoms with Crippen molar-refractivity contribution in [1.82, 2.24) is 4.31 Å². The molecule has 16 heavy (non-hydrogen) atoms. The third-order valence-electron chi connectivity index (χ3n) is 3.74. The van der Waals surface area contributed by atoms with Crippen molar-refractivity contribution in [3.05, 3.63) is 0 Å². The normalized spacial score (nSPS) is 35.5. The van der Waals surface area contributed by atoms with Crippen LogP contribution in [0, 0.1) is 0 Å². The summed E-state index contributed by atoms with van der Waals surface area (Å²) in [5.74, 6) is 0.323. The van der Waals surface area contributed by atoms with Crippen LogP contribution in [0.3, 0.4) is 0 Å². The van der Waals surface area contributed by atoms with Crippen molar-refractivity contribution in [1.29, 1.82) is 0 Å². The maximum absolute atomic E-state index is 12.2. The van der Waals surface area contributed by atoms with E-state index in [1.165, 1.54) is 0 Å². The molecule has 0 spiro atoms. The van der Waals surface area contributed by atoms with Gasteiger partial charge in [-0.05, 0) is 38.4 Å². The number of thioether (sulfide) groups is 1. The average molecular weight is 263 g/mol. The predicted molar refractivity (Wildman–Crippen MR) is 69.3 cm³/mol. The molecule has 2 aliphatic heterocycles. The Bertz CT molecular complexity index is 328. The summed E-state index contributed by atoms with van der Waals surface area (Å²) in [5.41, 5.74) is 0. The molecule has 94 valence electrons. The first kappa shape index (κ1) is 12.7. The molecule has 0 amide bonds. The van der Waals surface area contributed by atoms with Gasteiger partial charge in [-0.2, -0.15) is 16.1 Å². The molecule has 2 fully saturated rings. The number of fused-ring (bicyclic) bond motifs is 2. The molecular formula is C11H21NO2S2. The van der Waals surface area contributed by atoms with Crippen molar-refractivity contribution in [3.8, 4) is 0 Å². The lowest BCUT2D eigenvalue weighted by molar-refractivity contribution is 0.253. The van der Waals surface area contributed by atoms with Crippen molar-refractivity contribution in [3.63, 3.8) is 0 Å². The Morgan fingerprint density at radius 2 is 1.81 bits per heavy atom. The van der Waals surface area contributed by atoms with Crippen LogP contribution in [0.15, 0.2) is 0 Å². The molecule has 2 heterocycles. The molecule has 2 unspecified atom stereocenters. The summed E-state index contributed by atoms with van der Waals surface area (Å²) in [7, 11) is -2.98. The second-order valence-electron chi connectivity index (χ2n) is 4.86. The Morgan fingerprint density at radius 3 is 2.25 bits per heavy atom. The lowest BCUT2D eigenvalue weighted by atomic mass is 10.1. The Morgan fingerprint density at radius 1 is 1.25 bits per heavy atom. The second-order valence-corrected chi connectivity index (χ2v) is 7.99. The van der Waals surface area contributed by atoms with Gasteiger partial charge in [-0.15, -0.1) is 0 Å². The molecule has 2 rings (SSSR count). The molecule has 2 atom stereocenters. The zero-order chi connectivity index (χ0) is 11.8. The van der Waals surface area contributed by atoms with E-state index >= 15 is 0 Å². The zero-order valence-corrected chi connectivity index (χ0v) is 11.7. The van der Waals surface area contributed by atoms with Gasteiger partial charge < -0.3 is 0 Å². The maximum atomic E-state index is 12.2. The number of nitrogens with zero attached hydrogens (tertiary/aromatic N) is 1. The van der Waals surface area contributed by atoms with Gasteiger partial charge in [0.15, 0.2) is 0 Å². The van der Waals surface area contributed by atoms with Crippen LogP contribution >= 0.6 is 11.8 Å². The number of rotatable bonds is 4. The summed E-state index contributed by atoms with van der Waals surface area (Å²) >= 11 is 1.90. The Balaban J connectivity index is 2.14. The molecule has 0 aromatic rings. The molecule has 0 aromatic heterocycles. The molecule has 0 aliphatic carbocycles. The van der Waals surface area contributed by atoms with E-state index in [0.29, 0.717) is 23.1 Å². The highest BCUT2D eigenvalue weighted by Crippen LogP contribution is 2.41. The number of hydrogen-bond acceptors (Lipinski definition) is 3. The summed E-state index contributed by atoms with van der Waals surface area (Å²) in [5, 5.41) is 0.672. The first-order valence-electron chi connectivity index (χ1n) is 6.12. The fourth-order valence-electron chi connectivity index (χ4n) is 3.09. The first-order valence-corrected chi connectivity index (χ1v) is 9.02. The van der Waals surface area contributed by atoms with Crippen LogP contribution in [0.4, 0.5) is 0 Å². The predicted octanol–water partition coefficient (Wildman–Crippen LogP) is 2.08. The van der Waals surface area contributed by atoms with Gasteiger partial charge in [-0.1, -0.05) is 6.92 Å². The highest BCUT2D eigenvalue weighted by molar-refractivity contribution is 7.99. The summed E-state index contributed by atoms with van der Waals surface area (Å²) in [6.07, 6.45) is 7.13. The summed E-state index contributed by atoms with van der Waals surface area (Å²) < 4.78 is 26.2. The zero-order valence-electron chi connectivity index (χ0n) is 10.1. The van der Waals surface area contributed by atoms with Crippen LogP contribution in [0.5, 0.6) is 0 Å². The molecule has 0 aromatic carbocycles. The Labute approximate surface area is 103 Å². The second kappa shape index (κ2) is 4.86. The van der Waals surface area contributed by atoms with Crippen molar-refractivity contribution in [2.24, 2.45) is 0 Å². The molecule has 5 heteroatoms. The highest BCUT2D eigenvalue weighted by atomic mass is 32.2. The van der Waals surface area contributed by atoms with Crippen LogP contribution in [0.25, 0.3) is 0 Å². The van der Waals surface area contributed by atoms with E-state index in [4.69, 9.17) is 0 Å². The van der Waals surface area contributed by atoms with Gasteiger partial charge in [0.25, 0.3) is 0 Å². The minimum atomic E-state index is -2.98. The van der Waals surface area contributed by atoms with Crippen LogP contribution in [0.2, 0.25) is 0 Å².